The fourth-order valence-electron chi connectivity index (χ4n) is 3.59. The van der Waals surface area contributed by atoms with Gasteiger partial charge >= 0.3 is 0 Å². The van der Waals surface area contributed by atoms with E-state index in [1.807, 2.05) is 46.3 Å². The molecule has 0 saturated carbocycles. The summed E-state index contributed by atoms with van der Waals surface area (Å²) < 4.78 is 7.58. The van der Waals surface area contributed by atoms with Crippen LogP contribution in [0.3, 0.4) is 0 Å². The molecule has 5 rings (SSSR count). The van der Waals surface area contributed by atoms with Crippen LogP contribution in [-0.2, 0) is 12.3 Å². The minimum atomic E-state index is -0.174. The van der Waals surface area contributed by atoms with Gasteiger partial charge in [0.05, 0.1) is 17.4 Å². The number of nitrogens with one attached hydrogen (secondary N) is 1. The lowest BCUT2D eigenvalue weighted by Gasteiger charge is -2.11. The number of benzene rings is 1. The van der Waals surface area contributed by atoms with Crippen LogP contribution in [0.1, 0.15) is 19.7 Å². The number of aromatic nitrogens is 5. The molecule has 0 radical (unpaired) electrons. The third-order valence-corrected chi connectivity index (χ3v) is 7.18. The highest BCUT2D eigenvalue weighted by molar-refractivity contribution is 7.98. The molecule has 0 aliphatic carbocycles. The molecule has 0 atom stereocenters. The summed E-state index contributed by atoms with van der Waals surface area (Å²) in [6.45, 7) is 5.03. The minimum absolute atomic E-state index is 0.174. The fraction of sp³-hybridized carbons (Fsp3) is 0.217. The van der Waals surface area contributed by atoms with Gasteiger partial charge in [-0.25, -0.2) is 4.98 Å². The molecule has 1 aromatic carbocycles. The van der Waals surface area contributed by atoms with Crippen LogP contribution < -0.4 is 5.56 Å². The van der Waals surface area contributed by atoms with E-state index in [1.165, 1.54) is 23.1 Å². The molecule has 0 saturated heterocycles. The molecule has 4 heterocycles. The Balaban J connectivity index is 1.44. The third-order valence-electron chi connectivity index (χ3n) is 5.00. The Hall–Kier alpha value is -2.88. The molecule has 1 N–H and O–H groups in total. The van der Waals surface area contributed by atoms with Crippen LogP contribution >= 0.6 is 34.7 Å². The van der Waals surface area contributed by atoms with Crippen molar-refractivity contribution in [1.29, 1.82) is 0 Å². The Morgan fingerprint density at radius 1 is 1.18 bits per heavy atom. The first-order chi connectivity index (χ1) is 16.0. The van der Waals surface area contributed by atoms with Crippen molar-refractivity contribution in [2.24, 2.45) is 5.92 Å². The Morgan fingerprint density at radius 2 is 2.03 bits per heavy atom. The van der Waals surface area contributed by atoms with Crippen LogP contribution in [0.15, 0.2) is 62.4 Å². The molecule has 0 unspecified atom stereocenters. The van der Waals surface area contributed by atoms with Crippen molar-refractivity contribution in [2.75, 3.05) is 0 Å². The van der Waals surface area contributed by atoms with Gasteiger partial charge in [0, 0.05) is 28.1 Å². The third kappa shape index (κ3) is 4.36. The van der Waals surface area contributed by atoms with Crippen LogP contribution in [-0.4, -0.2) is 24.7 Å². The van der Waals surface area contributed by atoms with Crippen molar-refractivity contribution < 1.29 is 4.42 Å². The van der Waals surface area contributed by atoms with Crippen molar-refractivity contribution in [3.8, 4) is 22.7 Å². The highest BCUT2D eigenvalue weighted by Gasteiger charge is 2.19. The molecule has 0 spiro atoms. The number of furan rings is 1. The fourth-order valence-corrected chi connectivity index (χ4v) is 5.60. The Morgan fingerprint density at radius 3 is 2.79 bits per heavy atom. The predicted octanol–water partition coefficient (Wildman–Crippen LogP) is 6.10. The Bertz CT molecular complexity index is 1470. The van der Waals surface area contributed by atoms with Crippen molar-refractivity contribution >= 4 is 44.9 Å². The van der Waals surface area contributed by atoms with E-state index in [-0.39, 0.29) is 5.56 Å². The molecule has 4 aromatic heterocycles. The number of rotatable bonds is 7. The first-order valence-corrected chi connectivity index (χ1v) is 12.6. The van der Waals surface area contributed by atoms with Crippen LogP contribution in [0, 0.1) is 5.92 Å². The molecule has 10 heteroatoms. The first-order valence-electron chi connectivity index (χ1n) is 10.4. The second-order valence-corrected chi connectivity index (χ2v) is 10.1. The van der Waals surface area contributed by atoms with Gasteiger partial charge in [0.15, 0.2) is 16.7 Å². The Labute approximate surface area is 202 Å². The zero-order valence-corrected chi connectivity index (χ0v) is 20.3. The summed E-state index contributed by atoms with van der Waals surface area (Å²) >= 11 is 9.27. The zero-order chi connectivity index (χ0) is 22.9. The van der Waals surface area contributed by atoms with Gasteiger partial charge in [0.2, 0.25) is 0 Å². The lowest BCUT2D eigenvalue weighted by molar-refractivity contribution is 0.489. The number of hydrogen-bond donors (Lipinski definition) is 1. The highest BCUT2D eigenvalue weighted by atomic mass is 35.5. The summed E-state index contributed by atoms with van der Waals surface area (Å²) in [4.78, 5) is 21.3. The molecular weight excluding hydrogens is 478 g/mol. The van der Waals surface area contributed by atoms with Gasteiger partial charge < -0.3 is 9.40 Å². The number of H-pyrrole nitrogens is 1. The molecule has 0 fully saturated rings. The van der Waals surface area contributed by atoms with Crippen molar-refractivity contribution in [3.05, 3.63) is 69.2 Å². The normalized spacial score (nSPS) is 11.6. The predicted molar refractivity (Wildman–Crippen MR) is 133 cm³/mol. The molecule has 7 nitrogen and oxygen atoms in total. The average molecular weight is 498 g/mol. The van der Waals surface area contributed by atoms with E-state index in [2.05, 4.69) is 29.0 Å². The summed E-state index contributed by atoms with van der Waals surface area (Å²) in [6, 6.07) is 11.2. The average Bonchev–Trinajstić information content (AvgIpc) is 3.52. The maximum Gasteiger partial charge on any atom is 0.260 e. The monoisotopic (exact) mass is 497 g/mol. The number of nitrogens with zero attached hydrogens (tertiary/aromatic N) is 4. The van der Waals surface area contributed by atoms with Crippen molar-refractivity contribution in [3.63, 3.8) is 0 Å². The van der Waals surface area contributed by atoms with Gasteiger partial charge in [-0.2, -0.15) is 0 Å². The maximum atomic E-state index is 13.0. The summed E-state index contributed by atoms with van der Waals surface area (Å²) in [5.41, 5.74) is 1.45. The van der Waals surface area contributed by atoms with E-state index in [1.54, 1.807) is 6.26 Å². The largest absolute Gasteiger partial charge is 0.461 e. The summed E-state index contributed by atoms with van der Waals surface area (Å²) in [5, 5.41) is 12.5. The molecule has 168 valence electrons. The molecule has 0 amide bonds. The first kappa shape index (κ1) is 21.9. The number of thiophene rings is 1. The Kier molecular flexibility index (Phi) is 6.09. The van der Waals surface area contributed by atoms with Crippen LogP contribution in [0.2, 0.25) is 5.02 Å². The van der Waals surface area contributed by atoms with Crippen LogP contribution in [0.4, 0.5) is 0 Å². The topological polar surface area (TPSA) is 89.6 Å². The van der Waals surface area contributed by atoms with E-state index >= 15 is 0 Å². The quantitative estimate of drug-likeness (QED) is 0.273. The van der Waals surface area contributed by atoms with Gasteiger partial charge in [-0.3, -0.25) is 9.36 Å². The van der Waals surface area contributed by atoms with Crippen molar-refractivity contribution in [1.82, 2.24) is 24.7 Å². The summed E-state index contributed by atoms with van der Waals surface area (Å²) in [6.07, 6.45) is 1.62. The number of aromatic amines is 1. The number of halogens is 1. The SMILES string of the molecule is CC(C)Cn1c(SCc2nc3scc(-c4ccccc4Cl)c3c(=O)[nH]2)nnc1-c1ccco1. The van der Waals surface area contributed by atoms with Crippen molar-refractivity contribution in [2.45, 2.75) is 31.3 Å². The maximum absolute atomic E-state index is 13.0. The number of fused-ring (bicyclic) bond motifs is 1. The number of hydrogen-bond acceptors (Lipinski definition) is 7. The summed E-state index contributed by atoms with van der Waals surface area (Å²) in [7, 11) is 0. The lowest BCUT2D eigenvalue weighted by atomic mass is 10.1. The van der Waals surface area contributed by atoms with E-state index in [4.69, 9.17) is 21.0 Å². The van der Waals surface area contributed by atoms with Crippen LogP contribution in [0.25, 0.3) is 32.9 Å². The van der Waals surface area contributed by atoms with Crippen LogP contribution in [0.5, 0.6) is 0 Å². The molecular formula is C23H20ClN5O2S2. The second kappa shape index (κ2) is 9.17. The van der Waals surface area contributed by atoms with Gasteiger partial charge in [0.25, 0.3) is 5.56 Å². The number of thioether (sulfide) groups is 1. The van der Waals surface area contributed by atoms with E-state index in [0.29, 0.717) is 44.3 Å². The smallest absolute Gasteiger partial charge is 0.260 e. The minimum Gasteiger partial charge on any atom is -0.461 e. The molecule has 0 aliphatic rings. The zero-order valence-electron chi connectivity index (χ0n) is 17.9. The second-order valence-electron chi connectivity index (χ2n) is 7.90. The molecule has 0 bridgehead atoms. The van der Waals surface area contributed by atoms with Gasteiger partial charge in [-0.05, 0) is 24.1 Å². The lowest BCUT2D eigenvalue weighted by Crippen LogP contribution is -2.11. The van der Waals surface area contributed by atoms with E-state index < -0.39 is 0 Å². The molecule has 0 aliphatic heterocycles. The van der Waals surface area contributed by atoms with E-state index in [0.717, 1.165) is 22.8 Å². The van der Waals surface area contributed by atoms with Gasteiger partial charge in [-0.15, -0.1) is 21.5 Å². The summed E-state index contributed by atoms with van der Waals surface area (Å²) in [5.74, 6) is 2.81. The molecule has 33 heavy (non-hydrogen) atoms. The van der Waals surface area contributed by atoms with E-state index in [9.17, 15) is 4.79 Å². The van der Waals surface area contributed by atoms with Gasteiger partial charge in [-0.1, -0.05) is 55.4 Å². The molecule has 5 aromatic rings. The standard InChI is InChI=1S/C23H20ClN5O2S2/c1-13(2)10-29-20(17-8-5-9-31-17)27-28-23(29)33-12-18-25-21(30)19-15(11-32-22(19)26-18)14-6-3-4-7-16(14)24/h3-9,11,13H,10,12H2,1-2H3,(H,25,26,30). The highest BCUT2D eigenvalue weighted by Crippen LogP contribution is 2.35. The van der Waals surface area contributed by atoms with Gasteiger partial charge in [0.1, 0.15) is 10.7 Å².